The minimum absolute atomic E-state index is 0.0348. The second-order valence-electron chi connectivity index (χ2n) is 7.35. The summed E-state index contributed by atoms with van der Waals surface area (Å²) in [5, 5.41) is 4.07. The Labute approximate surface area is 170 Å². The van der Waals surface area contributed by atoms with Gasteiger partial charge in [0.2, 0.25) is 5.91 Å². The first kappa shape index (κ1) is 18.6. The zero-order valence-electron chi connectivity index (χ0n) is 16.0. The lowest BCUT2D eigenvalue weighted by atomic mass is 9.93. The number of piperidine rings is 1. The Bertz CT molecular complexity index is 1090. The zero-order chi connectivity index (χ0) is 20.7. The van der Waals surface area contributed by atoms with Crippen LogP contribution in [0.5, 0.6) is 5.75 Å². The van der Waals surface area contributed by atoms with E-state index in [4.69, 9.17) is 4.74 Å². The SMILES string of the molecule is O=C([C@H]1CCN(c2nccn3ncnc23)C[C@@H]1F)N1CCOc2c(F)cncc2C1. The van der Waals surface area contributed by atoms with Crippen LogP contribution in [0, 0.1) is 11.7 Å². The van der Waals surface area contributed by atoms with Crippen molar-refractivity contribution in [1.82, 2.24) is 29.5 Å². The van der Waals surface area contributed by atoms with Crippen molar-refractivity contribution in [3.8, 4) is 5.75 Å². The molecule has 3 aromatic heterocycles. The van der Waals surface area contributed by atoms with E-state index in [9.17, 15) is 9.18 Å². The molecule has 0 N–H and O–H groups in total. The second kappa shape index (κ2) is 7.47. The number of amides is 1. The van der Waals surface area contributed by atoms with Crippen LogP contribution in [0.25, 0.3) is 5.65 Å². The molecule has 0 saturated carbocycles. The van der Waals surface area contributed by atoms with Gasteiger partial charge in [0.25, 0.3) is 0 Å². The highest BCUT2D eigenvalue weighted by Gasteiger charge is 2.38. The molecule has 0 aromatic carbocycles. The van der Waals surface area contributed by atoms with Crippen LogP contribution >= 0.6 is 0 Å². The molecule has 30 heavy (non-hydrogen) atoms. The van der Waals surface area contributed by atoms with Gasteiger partial charge in [-0.05, 0) is 6.42 Å². The maximum absolute atomic E-state index is 15.1. The number of nitrogens with zero attached hydrogens (tertiary/aromatic N) is 7. The molecule has 156 valence electrons. The van der Waals surface area contributed by atoms with E-state index in [1.165, 1.54) is 17.4 Å². The van der Waals surface area contributed by atoms with Gasteiger partial charge in [-0.2, -0.15) is 5.10 Å². The lowest BCUT2D eigenvalue weighted by Crippen LogP contribution is -2.49. The van der Waals surface area contributed by atoms with Gasteiger partial charge >= 0.3 is 0 Å². The molecule has 2 atom stereocenters. The minimum Gasteiger partial charge on any atom is -0.488 e. The average molecular weight is 415 g/mol. The van der Waals surface area contributed by atoms with E-state index in [-0.39, 0.29) is 37.9 Å². The molecular formula is C19H19F2N7O2. The lowest BCUT2D eigenvalue weighted by Gasteiger charge is -2.36. The van der Waals surface area contributed by atoms with Crippen molar-refractivity contribution in [3.63, 3.8) is 0 Å². The highest BCUT2D eigenvalue weighted by atomic mass is 19.1. The van der Waals surface area contributed by atoms with Crippen LogP contribution in [-0.4, -0.2) is 67.8 Å². The number of anilines is 1. The zero-order valence-corrected chi connectivity index (χ0v) is 16.0. The summed E-state index contributed by atoms with van der Waals surface area (Å²) in [7, 11) is 0. The van der Waals surface area contributed by atoms with E-state index in [1.807, 2.05) is 0 Å². The van der Waals surface area contributed by atoms with Gasteiger partial charge in [0.05, 0.1) is 31.7 Å². The van der Waals surface area contributed by atoms with E-state index < -0.39 is 17.9 Å². The fourth-order valence-corrected chi connectivity index (χ4v) is 4.05. The number of fused-ring (bicyclic) bond motifs is 2. The van der Waals surface area contributed by atoms with Crippen LogP contribution in [-0.2, 0) is 11.3 Å². The average Bonchev–Trinajstić information content (AvgIpc) is 3.12. The molecule has 2 aliphatic rings. The normalized spacial score (nSPS) is 21.8. The molecule has 0 aliphatic carbocycles. The first-order chi connectivity index (χ1) is 14.6. The number of rotatable bonds is 2. The molecule has 1 saturated heterocycles. The largest absolute Gasteiger partial charge is 0.488 e. The van der Waals surface area contributed by atoms with E-state index in [0.717, 1.165) is 6.20 Å². The van der Waals surface area contributed by atoms with Crippen molar-refractivity contribution in [1.29, 1.82) is 0 Å². The molecule has 9 nitrogen and oxygen atoms in total. The van der Waals surface area contributed by atoms with Gasteiger partial charge in [0.1, 0.15) is 19.1 Å². The van der Waals surface area contributed by atoms with Crippen LogP contribution in [0.15, 0.2) is 31.1 Å². The number of carbonyl (C=O) groups is 1. The van der Waals surface area contributed by atoms with Crippen molar-refractivity contribution in [2.45, 2.75) is 19.1 Å². The summed E-state index contributed by atoms with van der Waals surface area (Å²) >= 11 is 0. The third-order valence-electron chi connectivity index (χ3n) is 5.54. The second-order valence-corrected chi connectivity index (χ2v) is 7.35. The number of hydrogen-bond acceptors (Lipinski definition) is 7. The smallest absolute Gasteiger partial charge is 0.229 e. The number of aromatic nitrogens is 5. The summed E-state index contributed by atoms with van der Waals surface area (Å²) in [6.45, 7) is 1.06. The van der Waals surface area contributed by atoms with Crippen LogP contribution in [0.4, 0.5) is 14.6 Å². The summed E-state index contributed by atoms with van der Waals surface area (Å²) < 4.78 is 36.1. The first-order valence-corrected chi connectivity index (χ1v) is 9.69. The fraction of sp³-hybridized carbons (Fsp3) is 0.421. The Morgan fingerprint density at radius 1 is 1.23 bits per heavy atom. The third-order valence-corrected chi connectivity index (χ3v) is 5.54. The molecule has 0 bridgehead atoms. The van der Waals surface area contributed by atoms with E-state index in [0.29, 0.717) is 30.0 Å². The molecule has 0 radical (unpaired) electrons. The van der Waals surface area contributed by atoms with Crippen molar-refractivity contribution in [2.24, 2.45) is 5.92 Å². The predicted molar refractivity (Wildman–Crippen MR) is 101 cm³/mol. The van der Waals surface area contributed by atoms with E-state index in [2.05, 4.69) is 20.1 Å². The van der Waals surface area contributed by atoms with Crippen molar-refractivity contribution in [3.05, 3.63) is 42.5 Å². The van der Waals surface area contributed by atoms with Gasteiger partial charge in [0.15, 0.2) is 23.0 Å². The summed E-state index contributed by atoms with van der Waals surface area (Å²) in [6, 6.07) is 0. The van der Waals surface area contributed by atoms with Crippen LogP contribution in [0.3, 0.4) is 0 Å². The Balaban J connectivity index is 1.31. The molecule has 1 amide bonds. The van der Waals surface area contributed by atoms with Gasteiger partial charge in [-0.15, -0.1) is 0 Å². The standard InChI is InChI=1S/C19H19F2N7O2/c20-14-8-22-7-12-9-27(5-6-30-16(12)14)19(29)13-1-3-26(10-15(13)21)17-18-24-11-25-28(18)4-2-23-17/h2,4,7-8,11,13,15H,1,3,5-6,9-10H2/t13-,15-/m0/s1. The molecule has 5 heterocycles. The van der Waals surface area contributed by atoms with Crippen molar-refractivity contribution in [2.75, 3.05) is 31.1 Å². The summed E-state index contributed by atoms with van der Waals surface area (Å²) in [5.74, 6) is -0.978. The topological polar surface area (TPSA) is 88.8 Å². The fourth-order valence-electron chi connectivity index (χ4n) is 4.05. The monoisotopic (exact) mass is 415 g/mol. The molecule has 0 spiro atoms. The number of hydrogen-bond donors (Lipinski definition) is 0. The maximum Gasteiger partial charge on any atom is 0.229 e. The van der Waals surface area contributed by atoms with Gasteiger partial charge in [0, 0.05) is 30.7 Å². The third kappa shape index (κ3) is 3.19. The highest BCUT2D eigenvalue weighted by molar-refractivity contribution is 5.80. The van der Waals surface area contributed by atoms with E-state index >= 15 is 4.39 Å². The Kier molecular flexibility index (Phi) is 4.64. The van der Waals surface area contributed by atoms with E-state index in [1.54, 1.807) is 21.8 Å². The summed E-state index contributed by atoms with van der Waals surface area (Å²) in [6.07, 6.45) is 6.20. The Morgan fingerprint density at radius 3 is 3.00 bits per heavy atom. The molecule has 2 aliphatic heterocycles. The number of halogens is 2. The number of alkyl halides is 1. The van der Waals surface area contributed by atoms with Crippen LogP contribution in [0.1, 0.15) is 12.0 Å². The molecule has 0 unspecified atom stereocenters. The summed E-state index contributed by atoms with van der Waals surface area (Å²) in [5.41, 5.74) is 1.03. The molecular weight excluding hydrogens is 396 g/mol. The van der Waals surface area contributed by atoms with Crippen molar-refractivity contribution < 1.29 is 18.3 Å². The number of pyridine rings is 1. The first-order valence-electron chi connectivity index (χ1n) is 9.69. The van der Waals surface area contributed by atoms with Gasteiger partial charge < -0.3 is 14.5 Å². The molecule has 5 rings (SSSR count). The number of ether oxygens (including phenoxy) is 1. The Hall–Kier alpha value is -3.37. The predicted octanol–water partition coefficient (Wildman–Crippen LogP) is 1.24. The lowest BCUT2D eigenvalue weighted by molar-refractivity contribution is -0.139. The number of carbonyl (C=O) groups excluding carboxylic acids is 1. The van der Waals surface area contributed by atoms with Crippen LogP contribution < -0.4 is 9.64 Å². The molecule has 3 aromatic rings. The van der Waals surface area contributed by atoms with Crippen molar-refractivity contribution >= 4 is 17.4 Å². The van der Waals surface area contributed by atoms with Crippen LogP contribution in [0.2, 0.25) is 0 Å². The summed E-state index contributed by atoms with van der Waals surface area (Å²) in [4.78, 5) is 28.7. The molecule has 1 fully saturated rings. The van der Waals surface area contributed by atoms with Gasteiger partial charge in [-0.3, -0.25) is 9.78 Å². The highest BCUT2D eigenvalue weighted by Crippen LogP contribution is 2.30. The Morgan fingerprint density at radius 2 is 2.13 bits per heavy atom. The quantitative estimate of drug-likeness (QED) is 0.622. The molecule has 11 heteroatoms. The van der Waals surface area contributed by atoms with Gasteiger partial charge in [-0.1, -0.05) is 0 Å². The minimum atomic E-state index is -1.37. The maximum atomic E-state index is 15.1. The van der Waals surface area contributed by atoms with Gasteiger partial charge in [-0.25, -0.2) is 23.3 Å².